The lowest BCUT2D eigenvalue weighted by Gasteiger charge is -2.57. The summed E-state index contributed by atoms with van der Waals surface area (Å²) in [5.41, 5.74) is 12.0. The molecule has 4 N–H and O–H groups in total. The molecule has 4 heteroatoms. The molecule has 0 aromatic carbocycles. The smallest absolute Gasteiger partial charge is 0.0551 e. The molecule has 2 aliphatic heterocycles. The van der Waals surface area contributed by atoms with Gasteiger partial charge in [-0.15, -0.1) is 0 Å². The first-order valence-corrected chi connectivity index (χ1v) is 6.47. The van der Waals surface area contributed by atoms with Gasteiger partial charge in [0.05, 0.1) is 13.2 Å². The molecule has 0 aromatic rings. The van der Waals surface area contributed by atoms with Crippen LogP contribution in [0.2, 0.25) is 0 Å². The van der Waals surface area contributed by atoms with E-state index in [-0.39, 0.29) is 0 Å². The van der Waals surface area contributed by atoms with Gasteiger partial charge in [-0.25, -0.2) is 0 Å². The average Bonchev–Trinajstić information content (AvgIpc) is 2.25. The van der Waals surface area contributed by atoms with Crippen molar-refractivity contribution < 1.29 is 4.74 Å². The van der Waals surface area contributed by atoms with E-state index < -0.39 is 0 Å². The second kappa shape index (κ2) is 5.00. The molecule has 0 aromatic heterocycles. The summed E-state index contributed by atoms with van der Waals surface area (Å²) in [6.45, 7) is 8.93. The van der Waals surface area contributed by atoms with Crippen LogP contribution in [-0.4, -0.2) is 50.8 Å². The third-order valence-electron chi connectivity index (χ3n) is 4.55. The number of hydrogen-bond donors (Lipinski definition) is 2. The monoisotopic (exact) mass is 227 g/mol. The molecule has 2 saturated heterocycles. The minimum absolute atomic E-state index is 0.384. The first-order valence-electron chi connectivity index (χ1n) is 6.47. The van der Waals surface area contributed by atoms with E-state index in [1.807, 2.05) is 0 Å². The highest BCUT2D eigenvalue weighted by Gasteiger charge is 2.53. The number of nitrogens with zero attached hydrogens (tertiary/aromatic N) is 1. The molecule has 2 rings (SSSR count). The molecule has 2 heterocycles. The van der Waals surface area contributed by atoms with Gasteiger partial charge >= 0.3 is 0 Å². The molecule has 4 nitrogen and oxygen atoms in total. The van der Waals surface area contributed by atoms with Gasteiger partial charge in [0.15, 0.2) is 0 Å². The van der Waals surface area contributed by atoms with Gasteiger partial charge in [-0.2, -0.15) is 0 Å². The Hall–Kier alpha value is -0.160. The Bertz CT molecular complexity index is 214. The van der Waals surface area contributed by atoms with Crippen molar-refractivity contribution in [2.45, 2.75) is 13.3 Å². The summed E-state index contributed by atoms with van der Waals surface area (Å²) in [7, 11) is 0. The highest BCUT2D eigenvalue weighted by Crippen LogP contribution is 2.47. The quantitative estimate of drug-likeness (QED) is 0.703. The third-order valence-corrected chi connectivity index (χ3v) is 4.55. The molecule has 0 radical (unpaired) electrons. The number of ether oxygens (including phenoxy) is 1. The van der Waals surface area contributed by atoms with Crippen LogP contribution >= 0.6 is 0 Å². The maximum absolute atomic E-state index is 5.95. The molecule has 94 valence electrons. The topological polar surface area (TPSA) is 64.5 Å². The van der Waals surface area contributed by atoms with Gasteiger partial charge in [0, 0.05) is 31.6 Å². The zero-order valence-corrected chi connectivity index (χ0v) is 10.3. The highest BCUT2D eigenvalue weighted by atomic mass is 16.5. The molecule has 2 atom stereocenters. The van der Waals surface area contributed by atoms with Gasteiger partial charge < -0.3 is 21.1 Å². The summed E-state index contributed by atoms with van der Waals surface area (Å²) in [5.74, 6) is 1.32. The predicted molar refractivity (Wildman–Crippen MR) is 65.1 cm³/mol. The number of hydrogen-bond acceptors (Lipinski definition) is 4. The standard InChI is InChI=1S/C12H25N3O/c1-2-10-6-15(4-3-13)7-11(5-14)12(10)8-16-9-12/h10-11H,2-9,13-14H2,1H3. The van der Waals surface area contributed by atoms with E-state index in [1.54, 1.807) is 0 Å². The summed E-state index contributed by atoms with van der Waals surface area (Å²) in [6, 6.07) is 0. The van der Waals surface area contributed by atoms with E-state index in [2.05, 4.69) is 11.8 Å². The van der Waals surface area contributed by atoms with Crippen LogP contribution in [0.4, 0.5) is 0 Å². The van der Waals surface area contributed by atoms with E-state index in [0.717, 1.165) is 45.3 Å². The molecule has 0 aliphatic carbocycles. The van der Waals surface area contributed by atoms with Crippen molar-refractivity contribution in [3.05, 3.63) is 0 Å². The summed E-state index contributed by atoms with van der Waals surface area (Å²) in [5, 5.41) is 0. The van der Waals surface area contributed by atoms with Crippen LogP contribution < -0.4 is 11.5 Å². The highest BCUT2D eigenvalue weighted by molar-refractivity contribution is 5.02. The Morgan fingerprint density at radius 3 is 2.38 bits per heavy atom. The lowest BCUT2D eigenvalue weighted by molar-refractivity contribution is -0.202. The van der Waals surface area contributed by atoms with Crippen LogP contribution in [0, 0.1) is 17.3 Å². The maximum atomic E-state index is 5.95. The second-order valence-electron chi connectivity index (χ2n) is 5.31. The molecular formula is C12H25N3O. The molecule has 0 saturated carbocycles. The Morgan fingerprint density at radius 1 is 1.25 bits per heavy atom. The van der Waals surface area contributed by atoms with E-state index >= 15 is 0 Å². The fourth-order valence-corrected chi connectivity index (χ4v) is 3.41. The molecule has 2 unspecified atom stereocenters. The second-order valence-corrected chi connectivity index (χ2v) is 5.31. The lowest BCUT2D eigenvalue weighted by Crippen LogP contribution is -2.64. The van der Waals surface area contributed by atoms with Crippen molar-refractivity contribution in [2.24, 2.45) is 28.7 Å². The molecule has 0 amide bonds. The van der Waals surface area contributed by atoms with Crippen LogP contribution in [0.25, 0.3) is 0 Å². The van der Waals surface area contributed by atoms with Crippen LogP contribution in [-0.2, 0) is 4.74 Å². The van der Waals surface area contributed by atoms with Crippen molar-refractivity contribution in [3.8, 4) is 0 Å². The molecule has 0 bridgehead atoms. The van der Waals surface area contributed by atoms with E-state index in [4.69, 9.17) is 16.2 Å². The fourth-order valence-electron chi connectivity index (χ4n) is 3.41. The summed E-state index contributed by atoms with van der Waals surface area (Å²) in [6.07, 6.45) is 1.22. The maximum Gasteiger partial charge on any atom is 0.0551 e. The summed E-state index contributed by atoms with van der Waals surface area (Å²) < 4.78 is 5.48. The molecule has 2 fully saturated rings. The van der Waals surface area contributed by atoms with Crippen molar-refractivity contribution in [3.63, 3.8) is 0 Å². The van der Waals surface area contributed by atoms with Gasteiger partial charge in [-0.1, -0.05) is 13.3 Å². The van der Waals surface area contributed by atoms with Crippen LogP contribution in [0.3, 0.4) is 0 Å². The van der Waals surface area contributed by atoms with E-state index in [1.165, 1.54) is 13.0 Å². The van der Waals surface area contributed by atoms with Crippen molar-refractivity contribution >= 4 is 0 Å². The van der Waals surface area contributed by atoms with Crippen LogP contribution in [0.1, 0.15) is 13.3 Å². The van der Waals surface area contributed by atoms with Crippen molar-refractivity contribution in [2.75, 3.05) is 45.9 Å². The number of likely N-dealkylation sites (tertiary alicyclic amines) is 1. The van der Waals surface area contributed by atoms with Crippen LogP contribution in [0.15, 0.2) is 0 Å². The molecule has 2 aliphatic rings. The third kappa shape index (κ3) is 1.88. The number of rotatable bonds is 4. The molecular weight excluding hydrogens is 202 g/mol. The zero-order chi connectivity index (χ0) is 11.6. The van der Waals surface area contributed by atoms with E-state index in [0.29, 0.717) is 11.3 Å². The van der Waals surface area contributed by atoms with Gasteiger partial charge in [0.25, 0.3) is 0 Å². The summed E-state index contributed by atoms with van der Waals surface area (Å²) in [4.78, 5) is 2.48. The van der Waals surface area contributed by atoms with Gasteiger partial charge in [-0.05, 0) is 18.4 Å². The SMILES string of the molecule is CCC1CN(CCN)CC(CN)C12COC2. The molecule has 16 heavy (non-hydrogen) atoms. The van der Waals surface area contributed by atoms with Crippen molar-refractivity contribution in [1.29, 1.82) is 0 Å². The Morgan fingerprint density at radius 2 is 1.94 bits per heavy atom. The Balaban J connectivity index is 2.08. The minimum Gasteiger partial charge on any atom is -0.380 e. The minimum atomic E-state index is 0.384. The Labute approximate surface area is 98.3 Å². The first kappa shape index (κ1) is 12.3. The lowest BCUT2D eigenvalue weighted by atomic mass is 9.61. The van der Waals surface area contributed by atoms with Crippen LogP contribution in [0.5, 0.6) is 0 Å². The Kier molecular flexibility index (Phi) is 3.85. The van der Waals surface area contributed by atoms with Crippen molar-refractivity contribution in [1.82, 2.24) is 4.90 Å². The summed E-state index contributed by atoms with van der Waals surface area (Å²) >= 11 is 0. The molecule has 1 spiro atoms. The van der Waals surface area contributed by atoms with Gasteiger partial charge in [0.2, 0.25) is 0 Å². The largest absolute Gasteiger partial charge is 0.380 e. The van der Waals surface area contributed by atoms with Gasteiger partial charge in [-0.3, -0.25) is 0 Å². The van der Waals surface area contributed by atoms with Gasteiger partial charge in [0.1, 0.15) is 0 Å². The fraction of sp³-hybridized carbons (Fsp3) is 1.00. The zero-order valence-electron chi connectivity index (χ0n) is 10.3. The van der Waals surface area contributed by atoms with E-state index in [9.17, 15) is 0 Å². The number of piperidine rings is 1. The average molecular weight is 227 g/mol. The number of nitrogens with two attached hydrogens (primary N) is 2. The normalized spacial score (nSPS) is 33.9. The first-order chi connectivity index (χ1) is 7.76. The predicted octanol–water partition coefficient (Wildman–Crippen LogP) is -0.122.